The zero-order valence-corrected chi connectivity index (χ0v) is 14.2. The molecule has 1 aromatic carbocycles. The Balaban J connectivity index is 1.58. The summed E-state index contributed by atoms with van der Waals surface area (Å²) in [5, 5.41) is 6.19. The predicted octanol–water partition coefficient (Wildman–Crippen LogP) is 3.33. The summed E-state index contributed by atoms with van der Waals surface area (Å²) in [4.78, 5) is 16.2. The first-order chi connectivity index (χ1) is 12.3. The number of carbonyl (C=O) groups is 1. The summed E-state index contributed by atoms with van der Waals surface area (Å²) in [7, 11) is 0. The molecule has 3 rings (SSSR count). The fourth-order valence-corrected chi connectivity index (χ4v) is 2.92. The van der Waals surface area contributed by atoms with E-state index in [1.54, 1.807) is 18.3 Å². The molecule has 0 radical (unpaired) electrons. The third-order valence-corrected chi connectivity index (χ3v) is 4.24. The molecule has 1 saturated heterocycles. The van der Waals surface area contributed by atoms with E-state index in [9.17, 15) is 4.79 Å². The van der Waals surface area contributed by atoms with Crippen LogP contribution in [0.5, 0.6) is 0 Å². The van der Waals surface area contributed by atoms with Crippen molar-refractivity contribution >= 4 is 11.7 Å². The van der Waals surface area contributed by atoms with Crippen LogP contribution in [0.4, 0.5) is 5.82 Å². The van der Waals surface area contributed by atoms with Crippen LogP contribution >= 0.6 is 0 Å². The number of nitrogens with one attached hydrogen (secondary N) is 2. The van der Waals surface area contributed by atoms with Gasteiger partial charge in [0, 0.05) is 25.4 Å². The summed E-state index contributed by atoms with van der Waals surface area (Å²) in [6.45, 7) is 4.75. The predicted molar refractivity (Wildman–Crippen MR) is 98.5 cm³/mol. The second kappa shape index (κ2) is 8.44. The second-order valence-corrected chi connectivity index (χ2v) is 6.07. The molecule has 1 aromatic heterocycles. The van der Waals surface area contributed by atoms with Gasteiger partial charge in [-0.2, -0.15) is 0 Å². The van der Waals surface area contributed by atoms with Crippen LogP contribution in [0, 0.1) is 0 Å². The highest BCUT2D eigenvalue weighted by atomic mass is 16.5. The Morgan fingerprint density at radius 3 is 2.84 bits per heavy atom. The normalized spacial score (nSPS) is 19.8. The van der Waals surface area contributed by atoms with E-state index in [4.69, 9.17) is 4.74 Å². The van der Waals surface area contributed by atoms with Gasteiger partial charge in [0.1, 0.15) is 5.82 Å². The number of rotatable bonds is 6. The number of hydrogen-bond donors (Lipinski definition) is 2. The van der Waals surface area contributed by atoms with Crippen LogP contribution in [0.1, 0.15) is 34.9 Å². The molecule has 0 bridgehead atoms. The number of benzene rings is 1. The molecule has 0 spiro atoms. The fourth-order valence-electron chi connectivity index (χ4n) is 2.92. The lowest BCUT2D eigenvalue weighted by Gasteiger charge is -2.30. The van der Waals surface area contributed by atoms with Gasteiger partial charge in [0.15, 0.2) is 0 Å². The molecule has 2 atom stereocenters. The average Bonchev–Trinajstić information content (AvgIpc) is 2.67. The summed E-state index contributed by atoms with van der Waals surface area (Å²) in [6.07, 6.45) is 5.18. The molecule has 1 fully saturated rings. The molecule has 25 heavy (non-hydrogen) atoms. The minimum absolute atomic E-state index is 0.108. The number of carbonyl (C=O) groups excluding carboxylic acids is 1. The molecular formula is C20H23N3O2. The van der Waals surface area contributed by atoms with Crippen LogP contribution in [0.15, 0.2) is 61.3 Å². The first-order valence-corrected chi connectivity index (χ1v) is 8.54. The van der Waals surface area contributed by atoms with Gasteiger partial charge in [0.2, 0.25) is 0 Å². The molecule has 1 amide bonds. The fraction of sp³-hybridized carbons (Fsp3) is 0.300. The molecule has 1 aliphatic rings. The first kappa shape index (κ1) is 17.2. The van der Waals surface area contributed by atoms with E-state index >= 15 is 0 Å². The molecule has 5 heteroatoms. The van der Waals surface area contributed by atoms with Gasteiger partial charge < -0.3 is 15.4 Å². The zero-order valence-electron chi connectivity index (χ0n) is 14.2. The third-order valence-electron chi connectivity index (χ3n) is 4.24. The van der Waals surface area contributed by atoms with Crippen LogP contribution < -0.4 is 10.6 Å². The molecule has 2 aromatic rings. The molecule has 2 unspecified atom stereocenters. The molecule has 2 heterocycles. The van der Waals surface area contributed by atoms with Crippen molar-refractivity contribution in [2.45, 2.75) is 25.0 Å². The number of anilines is 1. The maximum atomic E-state index is 11.9. The summed E-state index contributed by atoms with van der Waals surface area (Å²) in [5.74, 6) is 0.633. The summed E-state index contributed by atoms with van der Waals surface area (Å²) in [5.41, 5.74) is 1.75. The van der Waals surface area contributed by atoms with Crippen LogP contribution in [-0.2, 0) is 4.74 Å². The van der Waals surface area contributed by atoms with Crippen molar-refractivity contribution in [1.82, 2.24) is 10.3 Å². The lowest BCUT2D eigenvalue weighted by atomic mass is 9.97. The Labute approximate surface area is 148 Å². The third kappa shape index (κ3) is 4.67. The molecule has 130 valence electrons. The highest BCUT2D eigenvalue weighted by Crippen LogP contribution is 2.29. The van der Waals surface area contributed by atoms with Crippen molar-refractivity contribution in [2.24, 2.45) is 0 Å². The topological polar surface area (TPSA) is 63.2 Å². The monoisotopic (exact) mass is 337 g/mol. The van der Waals surface area contributed by atoms with Gasteiger partial charge in [-0.15, -0.1) is 6.58 Å². The Bertz CT molecular complexity index is 701. The maximum absolute atomic E-state index is 11.9. The number of nitrogens with zero attached hydrogens (tertiary/aromatic N) is 1. The Kier molecular flexibility index (Phi) is 5.80. The minimum atomic E-state index is -0.144. The van der Waals surface area contributed by atoms with E-state index in [1.807, 2.05) is 24.3 Å². The summed E-state index contributed by atoms with van der Waals surface area (Å²) in [6, 6.07) is 14.2. The number of pyridine rings is 1. The molecule has 1 aliphatic heterocycles. The van der Waals surface area contributed by atoms with Gasteiger partial charge in [-0.05, 0) is 30.5 Å². The highest BCUT2D eigenvalue weighted by Gasteiger charge is 2.24. The van der Waals surface area contributed by atoms with E-state index in [0.717, 1.165) is 25.3 Å². The van der Waals surface area contributed by atoms with Crippen molar-refractivity contribution in [1.29, 1.82) is 0 Å². The first-order valence-electron chi connectivity index (χ1n) is 8.54. The van der Waals surface area contributed by atoms with Crippen molar-refractivity contribution < 1.29 is 9.53 Å². The Morgan fingerprint density at radius 2 is 2.12 bits per heavy atom. The number of aromatic nitrogens is 1. The van der Waals surface area contributed by atoms with Gasteiger partial charge in [-0.3, -0.25) is 4.79 Å². The van der Waals surface area contributed by atoms with Gasteiger partial charge in [0.25, 0.3) is 5.91 Å². The number of ether oxygens (including phenoxy) is 1. The van der Waals surface area contributed by atoms with E-state index in [2.05, 4.69) is 34.3 Å². The summed E-state index contributed by atoms with van der Waals surface area (Å²) < 4.78 is 5.90. The highest BCUT2D eigenvalue weighted by molar-refractivity contribution is 5.94. The standard InChI is InChI=1S/C20H23N3O2/c1-2-11-21-20(24)16-8-9-19(22-14-16)23-17-10-12-25-18(13-17)15-6-4-3-5-7-15/h2-9,14,17-18H,1,10-13H2,(H,21,24)(H,22,23). The van der Waals surface area contributed by atoms with Crippen LogP contribution in [-0.4, -0.2) is 30.1 Å². The van der Waals surface area contributed by atoms with Crippen LogP contribution in [0.2, 0.25) is 0 Å². The van der Waals surface area contributed by atoms with E-state index in [-0.39, 0.29) is 12.0 Å². The van der Waals surface area contributed by atoms with Gasteiger partial charge in [-0.25, -0.2) is 4.98 Å². The number of amides is 1. The average molecular weight is 337 g/mol. The molecule has 2 N–H and O–H groups in total. The van der Waals surface area contributed by atoms with Crippen molar-refractivity contribution in [3.8, 4) is 0 Å². The number of hydrogen-bond acceptors (Lipinski definition) is 4. The van der Waals surface area contributed by atoms with E-state index in [0.29, 0.717) is 18.2 Å². The smallest absolute Gasteiger partial charge is 0.253 e. The lowest BCUT2D eigenvalue weighted by Crippen LogP contribution is -2.30. The maximum Gasteiger partial charge on any atom is 0.253 e. The van der Waals surface area contributed by atoms with Crippen molar-refractivity contribution in [3.63, 3.8) is 0 Å². The van der Waals surface area contributed by atoms with E-state index in [1.165, 1.54) is 5.56 Å². The molecule has 0 aliphatic carbocycles. The summed E-state index contributed by atoms with van der Waals surface area (Å²) >= 11 is 0. The second-order valence-electron chi connectivity index (χ2n) is 6.07. The van der Waals surface area contributed by atoms with Crippen molar-refractivity contribution in [2.75, 3.05) is 18.5 Å². The molecule has 5 nitrogen and oxygen atoms in total. The largest absolute Gasteiger partial charge is 0.373 e. The van der Waals surface area contributed by atoms with Crippen LogP contribution in [0.3, 0.4) is 0 Å². The van der Waals surface area contributed by atoms with E-state index < -0.39 is 0 Å². The molecule has 0 saturated carbocycles. The van der Waals surface area contributed by atoms with Crippen LogP contribution in [0.25, 0.3) is 0 Å². The quantitative estimate of drug-likeness (QED) is 0.794. The Morgan fingerprint density at radius 1 is 1.28 bits per heavy atom. The Hall–Kier alpha value is -2.66. The van der Waals surface area contributed by atoms with Gasteiger partial charge >= 0.3 is 0 Å². The lowest BCUT2D eigenvalue weighted by molar-refractivity contribution is 0.00974. The molecular weight excluding hydrogens is 314 g/mol. The van der Waals surface area contributed by atoms with Gasteiger partial charge in [-0.1, -0.05) is 36.4 Å². The SMILES string of the molecule is C=CCNC(=O)c1ccc(NC2CCOC(c3ccccc3)C2)nc1. The van der Waals surface area contributed by atoms with Gasteiger partial charge in [0.05, 0.1) is 11.7 Å². The minimum Gasteiger partial charge on any atom is -0.373 e. The zero-order chi connectivity index (χ0) is 17.5. The van der Waals surface area contributed by atoms with Crippen molar-refractivity contribution in [3.05, 3.63) is 72.4 Å².